The first-order valence-electron chi connectivity index (χ1n) is 8.68. The molecule has 0 saturated carbocycles. The van der Waals surface area contributed by atoms with Crippen LogP contribution in [0.5, 0.6) is 0 Å². The molecular weight excluding hydrogens is 346 g/mol. The normalized spacial score (nSPS) is 27.6. The molecule has 0 aromatic carbocycles. The molecule has 0 bridgehead atoms. The lowest BCUT2D eigenvalue weighted by atomic mass is 9.96. The Morgan fingerprint density at radius 3 is 2.60 bits per heavy atom. The minimum Gasteiger partial charge on any atom is -0.379 e. The van der Waals surface area contributed by atoms with E-state index in [1.54, 1.807) is 11.0 Å². The summed E-state index contributed by atoms with van der Waals surface area (Å²) in [4.78, 5) is 29.1. The predicted molar refractivity (Wildman–Crippen MR) is 90.9 cm³/mol. The molecule has 3 aliphatic rings. The predicted octanol–water partition coefficient (Wildman–Crippen LogP) is -0.369. The van der Waals surface area contributed by atoms with Crippen LogP contribution in [0.3, 0.4) is 0 Å². The summed E-state index contributed by atoms with van der Waals surface area (Å²) in [6.45, 7) is 5.21. The van der Waals surface area contributed by atoms with Crippen LogP contribution in [0.15, 0.2) is 11.8 Å². The Kier molecular flexibility index (Phi) is 5.17. The topological polar surface area (TPSA) is 87.2 Å². The number of fused-ring (bicyclic) bond motifs is 1. The molecule has 2 saturated heterocycles. The van der Waals surface area contributed by atoms with Crippen molar-refractivity contribution in [3.63, 3.8) is 0 Å². The first-order valence-corrected chi connectivity index (χ1v) is 10.5. The van der Waals surface area contributed by atoms with Gasteiger partial charge in [0.05, 0.1) is 43.7 Å². The van der Waals surface area contributed by atoms with E-state index in [0.717, 1.165) is 17.0 Å². The Bertz CT molecular complexity index is 684. The van der Waals surface area contributed by atoms with Gasteiger partial charge in [-0.15, -0.1) is 0 Å². The summed E-state index contributed by atoms with van der Waals surface area (Å²) in [5.74, 6) is -0.964. The highest BCUT2D eigenvalue weighted by Crippen LogP contribution is 2.40. The molecule has 0 spiro atoms. The Labute approximate surface area is 148 Å². The number of hydrogen-bond acceptors (Lipinski definition) is 6. The van der Waals surface area contributed by atoms with Gasteiger partial charge >= 0.3 is 0 Å². The van der Waals surface area contributed by atoms with E-state index < -0.39 is 27.9 Å². The van der Waals surface area contributed by atoms with Gasteiger partial charge in [-0.05, 0) is 12.5 Å². The summed E-state index contributed by atoms with van der Waals surface area (Å²) in [6, 6.07) is -0.462. The van der Waals surface area contributed by atoms with Crippen LogP contribution in [0.4, 0.5) is 0 Å². The molecule has 0 aromatic heterocycles. The summed E-state index contributed by atoms with van der Waals surface area (Å²) in [6.07, 6.45) is 4.06. The molecule has 0 N–H and O–H groups in total. The second-order valence-corrected chi connectivity index (χ2v) is 8.60. The molecule has 0 radical (unpaired) electrons. The Hall–Kier alpha value is -1.45. The third-order valence-corrected chi connectivity index (χ3v) is 6.04. The van der Waals surface area contributed by atoms with E-state index >= 15 is 0 Å². The van der Waals surface area contributed by atoms with Gasteiger partial charge in [-0.25, -0.2) is 12.7 Å². The summed E-state index contributed by atoms with van der Waals surface area (Å²) in [5, 5.41) is 0. The van der Waals surface area contributed by atoms with Gasteiger partial charge < -0.3 is 9.64 Å². The van der Waals surface area contributed by atoms with Gasteiger partial charge in [-0.1, -0.05) is 13.3 Å². The zero-order valence-corrected chi connectivity index (χ0v) is 15.5. The van der Waals surface area contributed by atoms with E-state index in [-0.39, 0.29) is 12.5 Å². The van der Waals surface area contributed by atoms with Crippen molar-refractivity contribution >= 4 is 21.8 Å². The number of amides is 2. The van der Waals surface area contributed by atoms with Crippen LogP contribution in [-0.2, 0) is 24.3 Å². The van der Waals surface area contributed by atoms with Crippen LogP contribution in [-0.4, -0.2) is 86.0 Å². The first kappa shape index (κ1) is 18.3. The number of ether oxygens (including phenoxy) is 1. The molecule has 3 rings (SSSR count). The molecule has 3 aliphatic heterocycles. The van der Waals surface area contributed by atoms with Gasteiger partial charge in [-0.2, -0.15) is 0 Å². The highest BCUT2D eigenvalue weighted by Gasteiger charge is 2.53. The molecule has 140 valence electrons. The third kappa shape index (κ3) is 3.45. The quantitative estimate of drug-likeness (QED) is 0.655. The van der Waals surface area contributed by atoms with Gasteiger partial charge in [-0.3, -0.25) is 14.5 Å². The SMILES string of the molecule is CCC[C@H]1C(=O)N(S(C)(=O)=O)C2=CCN(C(=O)CN3CCOCC3)[C@@H]21. The molecule has 3 heterocycles. The van der Waals surface area contributed by atoms with Gasteiger partial charge in [0.1, 0.15) is 0 Å². The van der Waals surface area contributed by atoms with Gasteiger partial charge in [0.2, 0.25) is 21.8 Å². The summed E-state index contributed by atoms with van der Waals surface area (Å²) in [5.41, 5.74) is 0.446. The smallest absolute Gasteiger partial charge is 0.246 e. The lowest BCUT2D eigenvalue weighted by Crippen LogP contribution is -2.48. The van der Waals surface area contributed by atoms with Crippen molar-refractivity contribution in [3.05, 3.63) is 11.8 Å². The standard InChI is InChI=1S/C16H25N3O5S/c1-3-4-12-15-13(19(16(12)21)25(2,22)23)5-6-18(15)14(20)11-17-7-9-24-10-8-17/h5,12,15H,3-4,6-11H2,1-2H3/t12-,15-/m1/s1. The highest BCUT2D eigenvalue weighted by molar-refractivity contribution is 7.89. The highest BCUT2D eigenvalue weighted by atomic mass is 32.2. The lowest BCUT2D eigenvalue weighted by Gasteiger charge is -2.31. The van der Waals surface area contributed by atoms with E-state index in [4.69, 9.17) is 4.74 Å². The lowest BCUT2D eigenvalue weighted by molar-refractivity contribution is -0.135. The molecule has 25 heavy (non-hydrogen) atoms. The fraction of sp³-hybridized carbons (Fsp3) is 0.750. The summed E-state index contributed by atoms with van der Waals surface area (Å²) in [7, 11) is -3.68. The Morgan fingerprint density at radius 1 is 1.32 bits per heavy atom. The molecule has 0 aliphatic carbocycles. The van der Waals surface area contributed by atoms with E-state index in [9.17, 15) is 18.0 Å². The zero-order chi connectivity index (χ0) is 18.2. The third-order valence-electron chi connectivity index (χ3n) is 4.98. The monoisotopic (exact) mass is 371 g/mol. The number of carbonyl (C=O) groups is 2. The maximum absolute atomic E-state index is 12.8. The number of nitrogens with zero attached hydrogens (tertiary/aromatic N) is 3. The fourth-order valence-corrected chi connectivity index (χ4v) is 4.90. The van der Waals surface area contributed by atoms with E-state index in [0.29, 0.717) is 45.0 Å². The van der Waals surface area contributed by atoms with Crippen molar-refractivity contribution in [1.29, 1.82) is 0 Å². The minimum atomic E-state index is -3.68. The van der Waals surface area contributed by atoms with Crippen LogP contribution in [0.1, 0.15) is 19.8 Å². The number of hydrogen-bond donors (Lipinski definition) is 0. The molecule has 0 aromatic rings. The average Bonchev–Trinajstić information content (AvgIpc) is 3.07. The number of sulfonamides is 1. The van der Waals surface area contributed by atoms with Crippen molar-refractivity contribution < 1.29 is 22.7 Å². The van der Waals surface area contributed by atoms with Crippen LogP contribution >= 0.6 is 0 Å². The number of rotatable bonds is 5. The maximum atomic E-state index is 12.8. The van der Waals surface area contributed by atoms with Crippen LogP contribution in [0.2, 0.25) is 0 Å². The Balaban J connectivity index is 1.80. The van der Waals surface area contributed by atoms with Crippen molar-refractivity contribution in [1.82, 2.24) is 14.1 Å². The van der Waals surface area contributed by atoms with E-state index in [1.807, 2.05) is 11.8 Å². The van der Waals surface area contributed by atoms with Crippen molar-refractivity contribution in [2.24, 2.45) is 5.92 Å². The average molecular weight is 371 g/mol. The Morgan fingerprint density at radius 2 is 2.00 bits per heavy atom. The second kappa shape index (κ2) is 7.05. The van der Waals surface area contributed by atoms with Gasteiger partial charge in [0, 0.05) is 19.6 Å². The molecule has 0 unspecified atom stereocenters. The van der Waals surface area contributed by atoms with Crippen molar-refractivity contribution in [3.8, 4) is 0 Å². The fourth-order valence-electron chi connectivity index (χ4n) is 3.87. The molecular formula is C16H25N3O5S. The summed E-state index contributed by atoms with van der Waals surface area (Å²) >= 11 is 0. The van der Waals surface area contributed by atoms with Crippen molar-refractivity contribution in [2.75, 3.05) is 45.6 Å². The number of morpholine rings is 1. The largest absolute Gasteiger partial charge is 0.379 e. The second-order valence-electron chi connectivity index (χ2n) is 6.77. The van der Waals surface area contributed by atoms with Crippen LogP contribution in [0.25, 0.3) is 0 Å². The maximum Gasteiger partial charge on any atom is 0.246 e. The van der Waals surface area contributed by atoms with E-state index in [2.05, 4.69) is 0 Å². The van der Waals surface area contributed by atoms with Crippen LogP contribution < -0.4 is 0 Å². The van der Waals surface area contributed by atoms with Crippen LogP contribution in [0, 0.1) is 5.92 Å². The molecule has 8 nitrogen and oxygen atoms in total. The van der Waals surface area contributed by atoms with Crippen molar-refractivity contribution in [2.45, 2.75) is 25.8 Å². The number of carbonyl (C=O) groups excluding carboxylic acids is 2. The molecule has 2 amide bonds. The molecule has 2 atom stereocenters. The van der Waals surface area contributed by atoms with Gasteiger partial charge in [0.25, 0.3) is 0 Å². The molecule has 2 fully saturated rings. The van der Waals surface area contributed by atoms with Gasteiger partial charge in [0.15, 0.2) is 0 Å². The van der Waals surface area contributed by atoms with E-state index in [1.165, 1.54) is 0 Å². The molecule has 9 heteroatoms. The summed E-state index contributed by atoms with van der Waals surface area (Å²) < 4.78 is 30.3. The zero-order valence-electron chi connectivity index (χ0n) is 14.7. The minimum absolute atomic E-state index is 0.0672. The first-order chi connectivity index (χ1) is 11.8.